The van der Waals surface area contributed by atoms with Crippen molar-refractivity contribution >= 4 is 61.0 Å². The van der Waals surface area contributed by atoms with E-state index in [1.165, 1.54) is 5.46 Å². The maximum absolute atomic E-state index is 6.21. The van der Waals surface area contributed by atoms with Crippen molar-refractivity contribution in [2.75, 3.05) is 14.2 Å². The molecular weight excluding hydrogens is 560 g/mol. The molecule has 0 aromatic heterocycles. The standard InChI is InChI=1S/C29H65BO2Si6/c1-31-30(32-2)26-24(28(35(9,10)11)36(12,13)14)21-23(27(33(3,4)5)34(6,7)8)22-25(26)29(37(15,16)17)38(18,19)20/h21-22,27-29H,1-20H3. The number of benzene rings is 1. The molecule has 9 heteroatoms. The Morgan fingerprint density at radius 2 is 0.684 bits per heavy atom. The van der Waals surface area contributed by atoms with Crippen molar-refractivity contribution in [3.63, 3.8) is 0 Å². The van der Waals surface area contributed by atoms with Gasteiger partial charge in [0.15, 0.2) is 0 Å². The van der Waals surface area contributed by atoms with Gasteiger partial charge in [0.25, 0.3) is 0 Å². The van der Waals surface area contributed by atoms with E-state index < -0.39 is 48.4 Å². The molecule has 1 aromatic carbocycles. The highest BCUT2D eigenvalue weighted by molar-refractivity contribution is 6.98. The summed E-state index contributed by atoms with van der Waals surface area (Å²) < 4.78 is 12.4. The second-order valence-electron chi connectivity index (χ2n) is 18.4. The molecule has 0 saturated heterocycles. The van der Waals surface area contributed by atoms with Gasteiger partial charge in [-0.3, -0.25) is 0 Å². The molecule has 0 radical (unpaired) electrons. The fraction of sp³-hybridized carbons (Fsp3) is 0.793. The topological polar surface area (TPSA) is 18.5 Å². The van der Waals surface area contributed by atoms with Gasteiger partial charge in [0.1, 0.15) is 0 Å². The van der Waals surface area contributed by atoms with Crippen LogP contribution in [0.2, 0.25) is 118 Å². The maximum Gasteiger partial charge on any atom is 0.493 e. The van der Waals surface area contributed by atoms with Gasteiger partial charge < -0.3 is 9.31 Å². The van der Waals surface area contributed by atoms with Crippen molar-refractivity contribution in [3.05, 3.63) is 28.8 Å². The molecule has 0 fully saturated rings. The lowest BCUT2D eigenvalue weighted by molar-refractivity contribution is 0.291. The average Bonchev–Trinajstić information content (AvgIpc) is 2.57. The average molecular weight is 625 g/mol. The highest BCUT2D eigenvalue weighted by Gasteiger charge is 2.48. The van der Waals surface area contributed by atoms with Crippen LogP contribution in [0.1, 0.15) is 32.2 Å². The van der Waals surface area contributed by atoms with Crippen molar-refractivity contribution in [2.45, 2.75) is 133 Å². The Labute approximate surface area is 245 Å². The summed E-state index contributed by atoms with van der Waals surface area (Å²) in [5, 5.41) is 2.01. The maximum atomic E-state index is 6.21. The molecule has 0 aliphatic rings. The first-order valence-electron chi connectivity index (χ1n) is 14.8. The summed E-state index contributed by atoms with van der Waals surface area (Å²) in [6.07, 6.45) is 0. The lowest BCUT2D eigenvalue weighted by Crippen LogP contribution is -2.55. The van der Waals surface area contributed by atoms with Gasteiger partial charge in [-0.25, -0.2) is 0 Å². The Balaban J connectivity index is 4.64. The van der Waals surface area contributed by atoms with E-state index in [1.54, 1.807) is 16.7 Å². The molecule has 0 aliphatic carbocycles. The zero-order chi connectivity index (χ0) is 30.4. The first-order valence-corrected chi connectivity index (χ1v) is 36.3. The van der Waals surface area contributed by atoms with Gasteiger partial charge in [-0.2, -0.15) is 0 Å². The highest BCUT2D eigenvalue weighted by Crippen LogP contribution is 2.44. The van der Waals surface area contributed by atoms with Gasteiger partial charge in [0.2, 0.25) is 0 Å². The molecule has 0 heterocycles. The predicted octanol–water partition coefficient (Wildman–Crippen LogP) is 9.19. The largest absolute Gasteiger partial charge is 0.493 e. The van der Waals surface area contributed by atoms with Crippen LogP contribution < -0.4 is 5.46 Å². The first-order chi connectivity index (χ1) is 16.6. The van der Waals surface area contributed by atoms with Crippen LogP contribution in [-0.4, -0.2) is 69.8 Å². The summed E-state index contributed by atoms with van der Waals surface area (Å²) in [4.78, 5) is 0. The molecule has 0 spiro atoms. The van der Waals surface area contributed by atoms with E-state index in [1.807, 2.05) is 14.2 Å². The van der Waals surface area contributed by atoms with E-state index in [-0.39, 0.29) is 7.12 Å². The van der Waals surface area contributed by atoms with Gasteiger partial charge in [0, 0.05) is 62.7 Å². The van der Waals surface area contributed by atoms with Crippen LogP contribution >= 0.6 is 0 Å². The Morgan fingerprint density at radius 1 is 0.447 bits per heavy atom. The quantitative estimate of drug-likeness (QED) is 0.216. The molecule has 0 aliphatic heterocycles. The van der Waals surface area contributed by atoms with Crippen molar-refractivity contribution in [1.82, 2.24) is 0 Å². The van der Waals surface area contributed by atoms with Gasteiger partial charge in [-0.15, -0.1) is 0 Å². The van der Waals surface area contributed by atoms with Crippen molar-refractivity contribution in [2.24, 2.45) is 0 Å². The lowest BCUT2D eigenvalue weighted by Gasteiger charge is -2.46. The summed E-state index contributed by atoms with van der Waals surface area (Å²) >= 11 is 0. The lowest BCUT2D eigenvalue weighted by atomic mass is 9.72. The molecule has 2 nitrogen and oxygen atoms in total. The molecule has 38 heavy (non-hydrogen) atoms. The molecule has 220 valence electrons. The molecule has 1 rings (SSSR count). The fourth-order valence-corrected chi connectivity index (χ4v) is 46.9. The second-order valence-corrected chi connectivity index (χ2v) is 52.0. The Hall–Kier alpha value is 0.506. The van der Waals surface area contributed by atoms with E-state index in [4.69, 9.17) is 9.31 Å². The van der Waals surface area contributed by atoms with E-state index in [0.717, 1.165) is 5.16 Å². The Kier molecular flexibility index (Phi) is 11.5. The minimum atomic E-state index is -1.57. The van der Waals surface area contributed by atoms with Gasteiger partial charge in [-0.1, -0.05) is 130 Å². The van der Waals surface area contributed by atoms with Crippen LogP contribution in [0.15, 0.2) is 12.1 Å². The molecule has 0 bridgehead atoms. The first kappa shape index (κ1) is 36.5. The van der Waals surface area contributed by atoms with Crippen molar-refractivity contribution < 1.29 is 9.31 Å². The summed E-state index contributed by atoms with van der Waals surface area (Å²) in [5.41, 5.74) is 6.28. The molecule has 0 N–H and O–H groups in total. The van der Waals surface area contributed by atoms with E-state index in [2.05, 4.69) is 130 Å². The molecule has 0 unspecified atom stereocenters. The fourth-order valence-electron chi connectivity index (χ4n) is 8.73. The van der Waals surface area contributed by atoms with Crippen LogP contribution in [0, 0.1) is 0 Å². The Bertz CT molecular complexity index is 842. The van der Waals surface area contributed by atoms with Crippen molar-refractivity contribution in [3.8, 4) is 0 Å². The van der Waals surface area contributed by atoms with Crippen LogP contribution in [0.25, 0.3) is 0 Å². The summed E-state index contributed by atoms with van der Waals surface area (Å²) in [6, 6.07) is 5.44. The zero-order valence-corrected chi connectivity index (χ0v) is 35.3. The number of hydrogen-bond acceptors (Lipinski definition) is 2. The molecule has 1 aromatic rings. The number of hydrogen-bond donors (Lipinski definition) is 0. The third kappa shape index (κ3) is 8.75. The van der Waals surface area contributed by atoms with Gasteiger partial charge in [0.05, 0.1) is 0 Å². The van der Waals surface area contributed by atoms with Gasteiger partial charge in [-0.05, 0) is 37.6 Å². The van der Waals surface area contributed by atoms with Gasteiger partial charge >= 0.3 is 7.12 Å². The minimum absolute atomic E-state index is 0.309. The summed E-state index contributed by atoms with van der Waals surface area (Å²) in [6.45, 7) is 46.9. The second kappa shape index (κ2) is 12.0. The third-order valence-corrected chi connectivity index (χ3v) is 36.0. The predicted molar refractivity (Wildman–Crippen MR) is 194 cm³/mol. The molecular formula is C29H65BO2Si6. The third-order valence-electron chi connectivity index (χ3n) is 8.08. The van der Waals surface area contributed by atoms with Crippen LogP contribution in [0.3, 0.4) is 0 Å². The SMILES string of the molecule is COB(OC)c1c(C([Si](C)(C)C)[Si](C)(C)C)cc(C([Si](C)(C)C)[Si](C)(C)C)cc1C([Si](C)(C)C)[Si](C)(C)C. The normalized spacial score (nSPS) is 14.7. The highest BCUT2D eigenvalue weighted by atomic mass is 28.4. The minimum Gasteiger partial charge on any atom is -0.410 e. The van der Waals surface area contributed by atoms with E-state index >= 15 is 0 Å². The smallest absolute Gasteiger partial charge is 0.410 e. The van der Waals surface area contributed by atoms with Crippen LogP contribution in [0.4, 0.5) is 0 Å². The number of rotatable bonds is 12. The van der Waals surface area contributed by atoms with Crippen LogP contribution in [0.5, 0.6) is 0 Å². The van der Waals surface area contributed by atoms with E-state index in [0.29, 0.717) is 10.3 Å². The monoisotopic (exact) mass is 624 g/mol. The Morgan fingerprint density at radius 3 is 0.868 bits per heavy atom. The summed E-state index contributed by atoms with van der Waals surface area (Å²) in [7, 11) is -5.85. The van der Waals surface area contributed by atoms with Crippen molar-refractivity contribution in [1.29, 1.82) is 0 Å². The van der Waals surface area contributed by atoms with E-state index in [9.17, 15) is 0 Å². The molecule has 0 amide bonds. The summed E-state index contributed by atoms with van der Waals surface area (Å²) in [5.74, 6) is 0. The molecule has 0 saturated carbocycles. The zero-order valence-electron chi connectivity index (χ0n) is 29.3. The van der Waals surface area contributed by atoms with Crippen LogP contribution in [-0.2, 0) is 9.31 Å². The molecule has 0 atom stereocenters.